The number of thiophene rings is 1. The number of nitro benzene ring substituents is 1. The zero-order chi connectivity index (χ0) is 24.1. The van der Waals surface area contributed by atoms with Gasteiger partial charge in [0.25, 0.3) is 5.69 Å². The van der Waals surface area contributed by atoms with E-state index >= 15 is 0 Å². The lowest BCUT2D eigenvalue weighted by Crippen LogP contribution is -2.35. The highest BCUT2D eigenvalue weighted by molar-refractivity contribution is 7.96. The van der Waals surface area contributed by atoms with Crippen molar-refractivity contribution in [1.29, 1.82) is 0 Å². The number of carboxylic acid groups (broad SMARTS) is 1. The van der Waals surface area contributed by atoms with Crippen molar-refractivity contribution in [3.63, 3.8) is 0 Å². The summed E-state index contributed by atoms with van der Waals surface area (Å²) >= 11 is 4.78. The molecule has 2 heterocycles. The molecule has 13 heteroatoms. The smallest absolute Gasteiger partial charge is 0.348 e. The predicted molar refractivity (Wildman–Crippen MR) is 120 cm³/mol. The molecule has 11 nitrogen and oxygen atoms in total. The van der Waals surface area contributed by atoms with E-state index in [2.05, 4.69) is 23.3 Å². The largest absolute Gasteiger partial charge is 0.477 e. The number of ether oxygens (including phenoxy) is 1. The first-order valence-electron chi connectivity index (χ1n) is 9.65. The fourth-order valence-electron chi connectivity index (χ4n) is 3.46. The highest BCUT2D eigenvalue weighted by Gasteiger charge is 2.41. The summed E-state index contributed by atoms with van der Waals surface area (Å²) in [6.07, 6.45) is 0.141. The number of nitrogens with zero attached hydrogens (tertiary/aromatic N) is 1. The molecule has 1 saturated heterocycles. The molecule has 0 spiro atoms. The maximum absolute atomic E-state index is 12.6. The highest BCUT2D eigenvalue weighted by Crippen LogP contribution is 2.28. The van der Waals surface area contributed by atoms with Crippen LogP contribution in [0.25, 0.3) is 0 Å². The summed E-state index contributed by atoms with van der Waals surface area (Å²) in [4.78, 5) is 58.5. The molecule has 3 unspecified atom stereocenters. The van der Waals surface area contributed by atoms with Crippen LogP contribution in [0.15, 0.2) is 35.7 Å². The van der Waals surface area contributed by atoms with E-state index in [1.54, 1.807) is 5.38 Å². The van der Waals surface area contributed by atoms with Gasteiger partial charge in [-0.3, -0.25) is 24.5 Å². The molecule has 1 aliphatic heterocycles. The van der Waals surface area contributed by atoms with Crippen LogP contribution in [0, 0.1) is 22.0 Å². The first-order valence-corrected chi connectivity index (χ1v) is 11.0. The van der Waals surface area contributed by atoms with E-state index in [1.165, 1.54) is 30.3 Å². The van der Waals surface area contributed by atoms with Gasteiger partial charge in [-0.2, -0.15) is 0 Å². The van der Waals surface area contributed by atoms with Crippen molar-refractivity contribution in [2.45, 2.75) is 19.1 Å². The summed E-state index contributed by atoms with van der Waals surface area (Å²) in [6.45, 7) is -0.00825. The Morgan fingerprint density at radius 2 is 1.97 bits per heavy atom. The van der Waals surface area contributed by atoms with E-state index in [0.717, 1.165) is 11.3 Å². The molecule has 3 atom stereocenters. The van der Waals surface area contributed by atoms with Gasteiger partial charge in [-0.05, 0) is 41.5 Å². The summed E-state index contributed by atoms with van der Waals surface area (Å²) < 4.78 is 5.22. The highest BCUT2D eigenvalue weighted by atomic mass is 32.1. The zero-order valence-electron chi connectivity index (χ0n) is 16.9. The van der Waals surface area contributed by atoms with Crippen LogP contribution >= 0.6 is 24.0 Å². The lowest BCUT2D eigenvalue weighted by Gasteiger charge is -2.18. The van der Waals surface area contributed by atoms with E-state index in [9.17, 15) is 29.3 Å². The zero-order valence-corrected chi connectivity index (χ0v) is 18.6. The van der Waals surface area contributed by atoms with Gasteiger partial charge in [-0.25, -0.2) is 4.79 Å². The van der Waals surface area contributed by atoms with Gasteiger partial charge in [-0.1, -0.05) is 0 Å². The number of thiol groups is 1. The number of amides is 1. The first kappa shape index (κ1) is 24.4. The minimum Gasteiger partial charge on any atom is -0.477 e. The number of anilines is 1. The average Bonchev–Trinajstić information content (AvgIpc) is 3.42. The van der Waals surface area contributed by atoms with Crippen LogP contribution in [-0.4, -0.2) is 45.6 Å². The van der Waals surface area contributed by atoms with Crippen LogP contribution < -0.4 is 10.6 Å². The first-order chi connectivity index (χ1) is 15.7. The Morgan fingerprint density at radius 1 is 1.27 bits per heavy atom. The van der Waals surface area contributed by atoms with Crippen LogP contribution in [0.5, 0.6) is 0 Å². The van der Waals surface area contributed by atoms with Crippen LogP contribution in [0.1, 0.15) is 21.7 Å². The molecule has 2 aromatic rings. The van der Waals surface area contributed by atoms with Crippen LogP contribution in [0.2, 0.25) is 0 Å². The van der Waals surface area contributed by atoms with Gasteiger partial charge in [0.1, 0.15) is 17.4 Å². The molecule has 1 aliphatic rings. The van der Waals surface area contributed by atoms with Crippen LogP contribution in [-0.2, 0) is 25.7 Å². The van der Waals surface area contributed by atoms with Crippen molar-refractivity contribution in [3.05, 3.63) is 56.3 Å². The number of carboxylic acids is 1. The third-order valence-electron chi connectivity index (χ3n) is 5.12. The van der Waals surface area contributed by atoms with Crippen molar-refractivity contribution >= 4 is 58.3 Å². The minimum atomic E-state index is -1.22. The fourth-order valence-corrected chi connectivity index (χ4v) is 4.47. The Morgan fingerprint density at radius 3 is 2.58 bits per heavy atom. The van der Waals surface area contributed by atoms with Gasteiger partial charge in [0.05, 0.1) is 16.7 Å². The van der Waals surface area contributed by atoms with Crippen molar-refractivity contribution in [2.24, 2.45) is 11.8 Å². The number of rotatable bonds is 9. The standard InChI is InChI=1S/C20H19N3O8S2/c24-17(22-13-5-6-33-16(13)18(25)26)14-7-11(8-21-14)15(20(28)32)19(27)31-9-10-1-3-12(4-2-10)23(29)30/h1-6,11,14-15,21H,7-9H2,(H,22,24)(H,25,26)(H,28,32). The van der Waals surface area contributed by atoms with Crippen LogP contribution in [0.3, 0.4) is 0 Å². The normalized spacial score (nSPS) is 18.3. The second-order valence-corrected chi connectivity index (χ2v) is 8.62. The van der Waals surface area contributed by atoms with Gasteiger partial charge in [0.2, 0.25) is 5.91 Å². The van der Waals surface area contributed by atoms with E-state index in [0.29, 0.717) is 5.56 Å². The number of carbonyl (C=O) groups excluding carboxylic acids is 3. The van der Waals surface area contributed by atoms with Crippen LogP contribution in [0.4, 0.5) is 11.4 Å². The lowest BCUT2D eigenvalue weighted by molar-refractivity contribution is -0.384. The minimum absolute atomic E-state index is 0.00358. The van der Waals surface area contributed by atoms with Crippen molar-refractivity contribution in [3.8, 4) is 0 Å². The van der Waals surface area contributed by atoms with Gasteiger partial charge < -0.3 is 20.5 Å². The molecule has 1 amide bonds. The number of non-ortho nitro benzene ring substituents is 1. The second-order valence-electron chi connectivity index (χ2n) is 7.26. The third-order valence-corrected chi connectivity index (χ3v) is 6.30. The average molecular weight is 494 g/mol. The van der Waals surface area contributed by atoms with E-state index in [1.807, 2.05) is 0 Å². The Labute approximate surface area is 196 Å². The molecule has 1 aromatic carbocycles. The Balaban J connectivity index is 1.59. The fraction of sp³-hybridized carbons (Fsp3) is 0.300. The predicted octanol–water partition coefficient (Wildman–Crippen LogP) is 2.09. The van der Waals surface area contributed by atoms with Gasteiger partial charge in [-0.15, -0.1) is 24.0 Å². The summed E-state index contributed by atoms with van der Waals surface area (Å²) in [7, 11) is 0. The summed E-state index contributed by atoms with van der Waals surface area (Å²) in [5, 5.41) is 26.2. The number of carbonyl (C=O) groups is 4. The number of nitro groups is 1. The molecule has 174 valence electrons. The molecule has 3 rings (SSSR count). The Bertz CT molecular complexity index is 1090. The SMILES string of the molecule is O=C(O)c1sccc1NC(=O)C1CC(C(C(=O)S)C(=O)OCc2ccc([N+](=O)[O-])cc2)CN1. The molecule has 0 aliphatic carbocycles. The maximum Gasteiger partial charge on any atom is 0.348 e. The molecular formula is C20H19N3O8S2. The monoisotopic (exact) mass is 493 g/mol. The number of hydrogen-bond acceptors (Lipinski definition) is 9. The molecule has 3 N–H and O–H groups in total. The Kier molecular flexibility index (Phi) is 7.79. The van der Waals surface area contributed by atoms with Gasteiger partial charge in [0.15, 0.2) is 5.12 Å². The number of aromatic carboxylic acids is 1. The Hall–Kier alpha value is -3.29. The van der Waals surface area contributed by atoms with E-state index in [4.69, 9.17) is 9.84 Å². The topological polar surface area (TPSA) is 165 Å². The lowest BCUT2D eigenvalue weighted by atomic mass is 9.90. The number of esters is 1. The molecular weight excluding hydrogens is 474 g/mol. The third kappa shape index (κ3) is 5.94. The van der Waals surface area contributed by atoms with Gasteiger partial charge >= 0.3 is 11.9 Å². The molecule has 33 heavy (non-hydrogen) atoms. The van der Waals surface area contributed by atoms with Crippen molar-refractivity contribution < 1.29 is 33.9 Å². The van der Waals surface area contributed by atoms with Crippen molar-refractivity contribution in [2.75, 3.05) is 11.9 Å². The van der Waals surface area contributed by atoms with E-state index < -0.39 is 45.8 Å². The quantitative estimate of drug-likeness (QED) is 0.135. The van der Waals surface area contributed by atoms with E-state index in [-0.39, 0.29) is 35.8 Å². The van der Waals surface area contributed by atoms with Crippen molar-refractivity contribution in [1.82, 2.24) is 5.32 Å². The number of nitrogens with one attached hydrogen (secondary N) is 2. The maximum atomic E-state index is 12.6. The second kappa shape index (κ2) is 10.6. The molecule has 0 saturated carbocycles. The summed E-state index contributed by atoms with van der Waals surface area (Å²) in [5.41, 5.74) is 0.575. The summed E-state index contributed by atoms with van der Waals surface area (Å²) in [6, 6.07) is 6.17. The number of benzene rings is 1. The molecule has 1 aromatic heterocycles. The molecule has 0 bridgehead atoms. The molecule has 0 radical (unpaired) electrons. The number of hydrogen-bond donors (Lipinski definition) is 4. The molecule has 1 fully saturated rings. The van der Waals surface area contributed by atoms with Gasteiger partial charge in [0, 0.05) is 18.7 Å². The summed E-state index contributed by atoms with van der Waals surface area (Å²) in [5.74, 6) is -4.23.